The Kier molecular flexibility index (Phi) is 4.27. The molecule has 0 aliphatic carbocycles. The summed E-state index contributed by atoms with van der Waals surface area (Å²) >= 11 is 0. The number of nitriles is 1. The van der Waals surface area contributed by atoms with Crippen molar-refractivity contribution in [2.24, 2.45) is 0 Å². The van der Waals surface area contributed by atoms with E-state index < -0.39 is 5.82 Å². The van der Waals surface area contributed by atoms with E-state index in [4.69, 9.17) is 10.5 Å². The highest BCUT2D eigenvalue weighted by Crippen LogP contribution is 2.32. The molecular weight excluding hydrogens is 321 g/mol. The van der Waals surface area contributed by atoms with Crippen molar-refractivity contribution in [2.75, 3.05) is 12.8 Å². The number of hydrogen-bond acceptors (Lipinski definition) is 6. The predicted molar refractivity (Wildman–Crippen MR) is 91.1 cm³/mol. The van der Waals surface area contributed by atoms with Gasteiger partial charge in [0.15, 0.2) is 11.6 Å². The Labute approximate surface area is 143 Å². The highest BCUT2D eigenvalue weighted by molar-refractivity contribution is 5.79. The number of rotatable bonds is 3. The van der Waals surface area contributed by atoms with Gasteiger partial charge >= 0.3 is 0 Å². The first-order valence-corrected chi connectivity index (χ1v) is 7.37. The quantitative estimate of drug-likeness (QED) is 0.790. The van der Waals surface area contributed by atoms with Crippen molar-refractivity contribution in [3.8, 4) is 34.2 Å². The zero-order chi connectivity index (χ0) is 18.0. The van der Waals surface area contributed by atoms with E-state index in [1.54, 1.807) is 31.5 Å². The van der Waals surface area contributed by atoms with Crippen LogP contribution in [0.5, 0.6) is 5.75 Å². The first kappa shape index (κ1) is 16.3. The Morgan fingerprint density at radius 3 is 2.48 bits per heavy atom. The van der Waals surface area contributed by atoms with Gasteiger partial charge in [-0.2, -0.15) is 5.26 Å². The summed E-state index contributed by atoms with van der Waals surface area (Å²) in [7, 11) is 1.39. The molecule has 0 radical (unpaired) electrons. The molecule has 0 amide bonds. The van der Waals surface area contributed by atoms with Gasteiger partial charge in [0.05, 0.1) is 12.8 Å². The first-order chi connectivity index (χ1) is 12.0. The van der Waals surface area contributed by atoms with Gasteiger partial charge in [0.2, 0.25) is 0 Å². The van der Waals surface area contributed by atoms with E-state index in [0.29, 0.717) is 28.2 Å². The Balaban J connectivity index is 2.18. The number of aryl methyl sites for hydroxylation is 1. The number of nitrogen functional groups attached to an aromatic ring is 1. The van der Waals surface area contributed by atoms with Gasteiger partial charge in [-0.15, -0.1) is 0 Å². The predicted octanol–water partition coefficient (Wildman–Crippen LogP) is 3.12. The third-order valence-electron chi connectivity index (χ3n) is 3.70. The van der Waals surface area contributed by atoms with E-state index in [1.165, 1.54) is 19.2 Å². The second-order valence-electron chi connectivity index (χ2n) is 5.30. The Morgan fingerprint density at radius 2 is 1.88 bits per heavy atom. The number of aromatic nitrogens is 3. The SMILES string of the molecule is COc1ccc(-c2cc(-c3cnc(C)nc3)c(C#N)c(N)n2)cc1F. The van der Waals surface area contributed by atoms with Crippen LogP contribution in [0.4, 0.5) is 10.2 Å². The fraction of sp³-hybridized carbons (Fsp3) is 0.111. The molecule has 0 saturated carbocycles. The van der Waals surface area contributed by atoms with Crippen molar-refractivity contribution in [1.29, 1.82) is 5.26 Å². The number of benzene rings is 1. The lowest BCUT2D eigenvalue weighted by molar-refractivity contribution is 0.386. The second kappa shape index (κ2) is 6.53. The largest absolute Gasteiger partial charge is 0.494 e. The maximum Gasteiger partial charge on any atom is 0.165 e. The highest BCUT2D eigenvalue weighted by Gasteiger charge is 2.15. The molecule has 0 unspecified atom stereocenters. The first-order valence-electron chi connectivity index (χ1n) is 7.37. The molecule has 0 aliphatic rings. The number of ether oxygens (including phenoxy) is 1. The van der Waals surface area contributed by atoms with E-state index in [2.05, 4.69) is 15.0 Å². The molecule has 0 bridgehead atoms. The smallest absolute Gasteiger partial charge is 0.165 e. The molecule has 0 atom stereocenters. The molecule has 25 heavy (non-hydrogen) atoms. The highest BCUT2D eigenvalue weighted by atomic mass is 19.1. The van der Waals surface area contributed by atoms with Gasteiger partial charge in [0, 0.05) is 29.1 Å². The number of anilines is 1. The molecular formula is C18H14FN5O. The van der Waals surface area contributed by atoms with E-state index in [9.17, 15) is 9.65 Å². The summed E-state index contributed by atoms with van der Waals surface area (Å²) in [6.45, 7) is 1.77. The number of pyridine rings is 1. The molecule has 2 aromatic heterocycles. The number of methoxy groups -OCH3 is 1. The number of halogens is 1. The normalized spacial score (nSPS) is 10.3. The second-order valence-corrected chi connectivity index (χ2v) is 5.30. The fourth-order valence-corrected chi connectivity index (χ4v) is 2.42. The van der Waals surface area contributed by atoms with Crippen LogP contribution in [0.15, 0.2) is 36.7 Å². The van der Waals surface area contributed by atoms with Crippen molar-refractivity contribution in [1.82, 2.24) is 15.0 Å². The lowest BCUT2D eigenvalue weighted by Gasteiger charge is -2.11. The molecule has 0 spiro atoms. The van der Waals surface area contributed by atoms with Gasteiger partial charge in [-0.3, -0.25) is 0 Å². The van der Waals surface area contributed by atoms with Crippen molar-refractivity contribution in [3.63, 3.8) is 0 Å². The maximum atomic E-state index is 14.0. The van der Waals surface area contributed by atoms with Crippen molar-refractivity contribution < 1.29 is 9.13 Å². The van der Waals surface area contributed by atoms with Crippen LogP contribution in [0.2, 0.25) is 0 Å². The maximum absolute atomic E-state index is 14.0. The third-order valence-corrected chi connectivity index (χ3v) is 3.70. The summed E-state index contributed by atoms with van der Waals surface area (Å²) in [6, 6.07) is 8.21. The van der Waals surface area contributed by atoms with Crippen LogP contribution < -0.4 is 10.5 Å². The molecule has 1 aromatic carbocycles. The van der Waals surface area contributed by atoms with Crippen LogP contribution >= 0.6 is 0 Å². The zero-order valence-corrected chi connectivity index (χ0v) is 13.6. The van der Waals surface area contributed by atoms with Gasteiger partial charge in [0.1, 0.15) is 23.3 Å². The number of nitrogens with two attached hydrogens (primary N) is 1. The minimum absolute atomic E-state index is 0.0619. The molecule has 7 heteroatoms. The Morgan fingerprint density at radius 1 is 1.16 bits per heavy atom. The van der Waals surface area contributed by atoms with Crippen molar-refractivity contribution >= 4 is 5.82 Å². The summed E-state index contributed by atoms with van der Waals surface area (Å²) in [5, 5.41) is 9.40. The molecule has 0 saturated heterocycles. The van der Waals surface area contributed by atoms with Gasteiger partial charge in [-0.25, -0.2) is 19.3 Å². The Hall–Kier alpha value is -3.53. The standard InChI is InChI=1S/C18H14FN5O/c1-10-22-8-12(9-23-10)13-6-16(24-18(21)14(13)7-20)11-3-4-17(25-2)15(19)5-11/h3-6,8-9H,1-2H3,(H2,21,24). The van der Waals surface area contributed by atoms with Crippen molar-refractivity contribution in [3.05, 3.63) is 53.9 Å². The summed E-state index contributed by atoms with van der Waals surface area (Å²) in [6.07, 6.45) is 3.21. The topological polar surface area (TPSA) is 97.7 Å². The van der Waals surface area contributed by atoms with Gasteiger partial charge in [0.25, 0.3) is 0 Å². The number of nitrogens with zero attached hydrogens (tertiary/aromatic N) is 4. The summed E-state index contributed by atoms with van der Waals surface area (Å²) in [5.41, 5.74) is 8.30. The van der Waals surface area contributed by atoms with Crippen LogP contribution in [0.25, 0.3) is 22.4 Å². The minimum atomic E-state index is -0.509. The van der Waals surface area contributed by atoms with Crippen LogP contribution in [0.3, 0.4) is 0 Å². The summed E-state index contributed by atoms with van der Waals surface area (Å²) < 4.78 is 18.9. The summed E-state index contributed by atoms with van der Waals surface area (Å²) in [5.74, 6) is 0.302. The average Bonchev–Trinajstić information content (AvgIpc) is 2.61. The Bertz CT molecular complexity index is 980. The average molecular weight is 335 g/mol. The van der Waals surface area contributed by atoms with Crippen LogP contribution in [0.1, 0.15) is 11.4 Å². The molecule has 0 aliphatic heterocycles. The van der Waals surface area contributed by atoms with Crippen molar-refractivity contribution in [2.45, 2.75) is 6.92 Å². The molecule has 6 nitrogen and oxygen atoms in total. The van der Waals surface area contributed by atoms with E-state index in [-0.39, 0.29) is 17.1 Å². The third kappa shape index (κ3) is 3.10. The lowest BCUT2D eigenvalue weighted by atomic mass is 10.0. The molecule has 2 heterocycles. The van der Waals surface area contributed by atoms with E-state index >= 15 is 0 Å². The molecule has 3 aromatic rings. The number of hydrogen-bond donors (Lipinski definition) is 1. The lowest BCUT2D eigenvalue weighted by Crippen LogP contribution is -2.01. The molecule has 3 rings (SSSR count). The summed E-state index contributed by atoms with van der Waals surface area (Å²) in [4.78, 5) is 12.5. The molecule has 0 fully saturated rings. The van der Waals surface area contributed by atoms with Crippen LogP contribution in [0, 0.1) is 24.1 Å². The van der Waals surface area contributed by atoms with E-state index in [0.717, 1.165) is 0 Å². The molecule has 2 N–H and O–H groups in total. The van der Waals surface area contributed by atoms with Gasteiger partial charge < -0.3 is 10.5 Å². The van der Waals surface area contributed by atoms with Gasteiger partial charge in [-0.1, -0.05) is 0 Å². The molecule has 124 valence electrons. The van der Waals surface area contributed by atoms with Crippen LogP contribution in [-0.4, -0.2) is 22.1 Å². The van der Waals surface area contributed by atoms with Gasteiger partial charge in [-0.05, 0) is 31.2 Å². The zero-order valence-electron chi connectivity index (χ0n) is 13.6. The fourth-order valence-electron chi connectivity index (χ4n) is 2.42. The monoisotopic (exact) mass is 335 g/mol. The van der Waals surface area contributed by atoms with Crippen LogP contribution in [-0.2, 0) is 0 Å². The minimum Gasteiger partial charge on any atom is -0.494 e. The van der Waals surface area contributed by atoms with E-state index in [1.807, 2.05) is 6.07 Å².